The Morgan fingerprint density at radius 2 is 1.94 bits per heavy atom. The molecule has 0 N–H and O–H groups in total. The third-order valence-corrected chi connectivity index (χ3v) is 11.9. The summed E-state index contributed by atoms with van der Waals surface area (Å²) >= 11 is 0. The van der Waals surface area contributed by atoms with Crippen LogP contribution in [-0.4, -0.2) is 24.8 Å². The molecule has 3 nitrogen and oxygen atoms in total. The molecule has 10 atom stereocenters. The van der Waals surface area contributed by atoms with E-state index in [4.69, 9.17) is 9.47 Å². The summed E-state index contributed by atoms with van der Waals surface area (Å²) in [4.78, 5) is 4.55. The van der Waals surface area contributed by atoms with E-state index in [0.29, 0.717) is 28.3 Å². The highest BCUT2D eigenvalue weighted by Gasteiger charge is 2.77. The Hall–Kier alpha value is -1.09. The van der Waals surface area contributed by atoms with Crippen molar-refractivity contribution in [3.8, 4) is 5.88 Å². The van der Waals surface area contributed by atoms with Crippen LogP contribution in [0.3, 0.4) is 0 Å². The lowest BCUT2D eigenvalue weighted by Gasteiger charge is -2.61. The predicted octanol–water partition coefficient (Wildman–Crippen LogP) is 6.69. The van der Waals surface area contributed by atoms with Crippen LogP contribution < -0.4 is 4.74 Å². The van der Waals surface area contributed by atoms with Gasteiger partial charge in [0.1, 0.15) is 0 Å². The van der Waals surface area contributed by atoms with Crippen LogP contribution in [0.15, 0.2) is 18.2 Å². The summed E-state index contributed by atoms with van der Waals surface area (Å²) < 4.78 is 12.5. The quantitative estimate of drug-likeness (QED) is 0.514. The largest absolute Gasteiger partial charge is 0.477 e. The molecule has 1 heterocycles. The normalized spacial score (nSPS) is 49.5. The van der Waals surface area contributed by atoms with Gasteiger partial charge < -0.3 is 9.47 Å². The third-order valence-electron chi connectivity index (χ3n) is 11.9. The highest BCUT2D eigenvalue weighted by atomic mass is 16.5. The Bertz CT molecular complexity index is 886. The Morgan fingerprint density at radius 3 is 2.69 bits per heavy atom. The van der Waals surface area contributed by atoms with E-state index in [2.05, 4.69) is 25.8 Å². The molecule has 5 fully saturated rings. The van der Waals surface area contributed by atoms with Crippen molar-refractivity contribution in [2.45, 2.75) is 85.2 Å². The third kappa shape index (κ3) is 2.72. The number of hydrogen-bond acceptors (Lipinski definition) is 3. The number of nitrogens with zero attached hydrogens (tertiary/aromatic N) is 1. The van der Waals surface area contributed by atoms with E-state index in [1.54, 1.807) is 0 Å². The maximum absolute atomic E-state index is 6.29. The second kappa shape index (κ2) is 7.20. The second-order valence-electron chi connectivity index (χ2n) is 12.9. The molecular formula is C29H43NO2. The molecule has 0 aromatic carbocycles. The van der Waals surface area contributed by atoms with Crippen LogP contribution in [0.4, 0.5) is 0 Å². The number of pyridine rings is 1. The number of hydrogen-bond donors (Lipinski definition) is 0. The summed E-state index contributed by atoms with van der Waals surface area (Å²) in [6, 6.07) is 6.08. The topological polar surface area (TPSA) is 31.4 Å². The van der Waals surface area contributed by atoms with Crippen LogP contribution >= 0.6 is 0 Å². The van der Waals surface area contributed by atoms with E-state index in [0.717, 1.165) is 47.8 Å². The molecule has 0 amide bonds. The van der Waals surface area contributed by atoms with Crippen molar-refractivity contribution in [1.29, 1.82) is 0 Å². The zero-order chi connectivity index (χ0) is 22.3. The van der Waals surface area contributed by atoms with Gasteiger partial charge in [-0.2, -0.15) is 0 Å². The lowest BCUT2D eigenvalue weighted by atomic mass is 9.45. The first-order chi connectivity index (χ1) is 15.3. The van der Waals surface area contributed by atoms with Gasteiger partial charge in [-0.25, -0.2) is 4.98 Å². The van der Waals surface area contributed by atoms with E-state index in [1.807, 2.05) is 32.2 Å². The lowest BCUT2D eigenvalue weighted by molar-refractivity contribution is -0.161. The number of fused-ring (bicyclic) bond motifs is 4. The predicted molar refractivity (Wildman–Crippen MR) is 127 cm³/mol. The van der Waals surface area contributed by atoms with Crippen LogP contribution in [0.25, 0.3) is 0 Å². The highest BCUT2D eigenvalue weighted by Crippen LogP contribution is 2.82. The van der Waals surface area contributed by atoms with Crippen LogP contribution in [0, 0.1) is 58.7 Å². The lowest BCUT2D eigenvalue weighted by Crippen LogP contribution is -2.57. The number of rotatable bonds is 5. The summed E-state index contributed by atoms with van der Waals surface area (Å²) in [6.07, 6.45) is 11.9. The molecule has 176 valence electrons. The first kappa shape index (κ1) is 21.4. The van der Waals surface area contributed by atoms with Crippen molar-refractivity contribution in [2.75, 3.05) is 13.7 Å². The maximum atomic E-state index is 6.29. The molecule has 1 spiro atoms. The monoisotopic (exact) mass is 437 g/mol. The molecule has 0 aliphatic heterocycles. The van der Waals surface area contributed by atoms with E-state index >= 15 is 0 Å². The van der Waals surface area contributed by atoms with Gasteiger partial charge in [-0.1, -0.05) is 26.8 Å². The Balaban J connectivity index is 1.21. The van der Waals surface area contributed by atoms with E-state index in [-0.39, 0.29) is 0 Å². The van der Waals surface area contributed by atoms with E-state index in [9.17, 15) is 0 Å². The Kier molecular flexibility index (Phi) is 4.83. The molecule has 5 aliphatic carbocycles. The van der Waals surface area contributed by atoms with Crippen molar-refractivity contribution >= 4 is 0 Å². The molecule has 6 rings (SSSR count). The second-order valence-corrected chi connectivity index (χ2v) is 12.9. The van der Waals surface area contributed by atoms with Gasteiger partial charge in [0.05, 0.1) is 12.7 Å². The van der Waals surface area contributed by atoms with Gasteiger partial charge in [0.15, 0.2) is 0 Å². The Labute approximate surface area is 195 Å². The fraction of sp³-hybridized carbons (Fsp3) is 0.828. The number of methoxy groups -OCH3 is 1. The van der Waals surface area contributed by atoms with Gasteiger partial charge in [-0.05, 0) is 111 Å². The van der Waals surface area contributed by atoms with Crippen molar-refractivity contribution in [3.63, 3.8) is 0 Å². The number of aromatic nitrogens is 1. The summed E-state index contributed by atoms with van der Waals surface area (Å²) in [5.41, 5.74) is 2.57. The molecule has 5 saturated carbocycles. The smallest absolute Gasteiger partial charge is 0.213 e. The minimum absolute atomic E-state index is 0.463. The molecule has 32 heavy (non-hydrogen) atoms. The van der Waals surface area contributed by atoms with Gasteiger partial charge in [-0.15, -0.1) is 0 Å². The summed E-state index contributed by atoms with van der Waals surface area (Å²) in [5, 5.41) is 0. The molecule has 1 aromatic heterocycles. The first-order valence-electron chi connectivity index (χ1n) is 13.4. The van der Waals surface area contributed by atoms with Gasteiger partial charge in [-0.3, -0.25) is 0 Å². The van der Waals surface area contributed by atoms with Crippen LogP contribution in [0.2, 0.25) is 0 Å². The summed E-state index contributed by atoms with van der Waals surface area (Å²) in [5.74, 6) is 5.76. The molecule has 0 radical (unpaired) electrons. The molecule has 3 heteroatoms. The molecule has 0 bridgehead atoms. The molecule has 1 aromatic rings. The van der Waals surface area contributed by atoms with Crippen molar-refractivity contribution in [2.24, 2.45) is 51.8 Å². The maximum Gasteiger partial charge on any atom is 0.213 e. The van der Waals surface area contributed by atoms with Crippen LogP contribution in [0.1, 0.15) is 77.8 Å². The summed E-state index contributed by atoms with van der Waals surface area (Å²) in [7, 11) is 2.01. The van der Waals surface area contributed by atoms with E-state index < -0.39 is 0 Å². The zero-order valence-electron chi connectivity index (χ0n) is 20.9. The van der Waals surface area contributed by atoms with Gasteiger partial charge in [0.2, 0.25) is 5.88 Å². The number of aryl methyl sites for hydroxylation is 1. The molecule has 0 saturated heterocycles. The average Bonchev–Trinajstić information content (AvgIpc) is 3.28. The fourth-order valence-corrected chi connectivity index (χ4v) is 10.5. The molecule has 5 aliphatic rings. The molecular weight excluding hydrogens is 394 g/mol. The average molecular weight is 438 g/mol. The van der Waals surface area contributed by atoms with Gasteiger partial charge >= 0.3 is 0 Å². The Morgan fingerprint density at radius 1 is 1.09 bits per heavy atom. The fourth-order valence-electron chi connectivity index (χ4n) is 10.5. The van der Waals surface area contributed by atoms with Crippen molar-refractivity contribution in [1.82, 2.24) is 4.98 Å². The van der Waals surface area contributed by atoms with Crippen molar-refractivity contribution in [3.05, 3.63) is 23.9 Å². The van der Waals surface area contributed by atoms with Crippen LogP contribution in [-0.2, 0) is 4.74 Å². The number of ether oxygens (including phenoxy) is 2. The SMILES string of the molecule is COC1C[C@H]2[C@@H]3CC[C@H]([C@H](C)COc4cccc(C)n4)[C@@]3(C)CC[C@@H]2[C@@]2(C)CC[C@@H]3CC132. The summed E-state index contributed by atoms with van der Waals surface area (Å²) in [6.45, 7) is 10.6. The minimum atomic E-state index is 0.463. The highest BCUT2D eigenvalue weighted by molar-refractivity contribution is 5.26. The standard InChI is InChI=1S/C29H43NO2/c1-18(17-32-26-8-6-7-19(2)30-26)22-9-10-23-21-15-25(31-5)29-16-20(29)11-14-28(29,4)24(21)12-13-27(22,23)3/h6-8,18,20-25H,9-17H2,1-5H3/t18-,20-,21+,22-,23+,24+,25?,27-,28-,29?/m1/s1. The van der Waals surface area contributed by atoms with Crippen LogP contribution in [0.5, 0.6) is 5.88 Å². The van der Waals surface area contributed by atoms with E-state index in [1.165, 1.54) is 51.4 Å². The first-order valence-corrected chi connectivity index (χ1v) is 13.4. The zero-order valence-corrected chi connectivity index (χ0v) is 20.9. The van der Waals surface area contributed by atoms with Gasteiger partial charge in [0.25, 0.3) is 0 Å². The van der Waals surface area contributed by atoms with Crippen molar-refractivity contribution < 1.29 is 9.47 Å². The van der Waals surface area contributed by atoms with Gasteiger partial charge in [0, 0.05) is 24.3 Å². The minimum Gasteiger partial charge on any atom is -0.477 e. The molecule has 2 unspecified atom stereocenters.